The Balaban J connectivity index is 1.97. The lowest BCUT2D eigenvalue weighted by molar-refractivity contribution is 0.189. The molecule has 2 N–H and O–H groups in total. The Labute approximate surface area is 123 Å². The average Bonchev–Trinajstić information content (AvgIpc) is 2.43. The number of hydrogen-bond donors (Lipinski definition) is 2. The lowest BCUT2D eigenvalue weighted by Crippen LogP contribution is -2.47. The Morgan fingerprint density at radius 1 is 1.26 bits per heavy atom. The molecule has 0 aromatic heterocycles. The first-order valence-electron chi connectivity index (χ1n) is 6.76. The van der Waals surface area contributed by atoms with E-state index in [9.17, 15) is 0 Å². The van der Waals surface area contributed by atoms with Crippen molar-refractivity contribution in [2.45, 2.75) is 6.54 Å². The van der Waals surface area contributed by atoms with Crippen molar-refractivity contribution in [2.75, 3.05) is 51.3 Å². The number of rotatable bonds is 5. The van der Waals surface area contributed by atoms with Crippen LogP contribution in [0.5, 0.6) is 0 Å². The van der Waals surface area contributed by atoms with Gasteiger partial charge in [-0.15, -0.1) is 0 Å². The number of β-amino-alcohol motifs (C(OH)–C–C–N with tert-alkyl or cyclic N) is 1. The molecule has 0 aliphatic carbocycles. The second-order valence-corrected chi connectivity index (χ2v) is 5.71. The number of aliphatic hydroxyl groups is 1. The van der Waals surface area contributed by atoms with E-state index in [1.54, 1.807) is 0 Å². The van der Waals surface area contributed by atoms with Gasteiger partial charge in [0.15, 0.2) is 0 Å². The Bertz CT molecular complexity index is 406. The van der Waals surface area contributed by atoms with E-state index in [1.807, 2.05) is 7.05 Å². The molecule has 0 saturated carbocycles. The van der Waals surface area contributed by atoms with Crippen molar-refractivity contribution >= 4 is 21.6 Å². The van der Waals surface area contributed by atoms with Gasteiger partial charge < -0.3 is 15.3 Å². The third kappa shape index (κ3) is 3.92. The zero-order chi connectivity index (χ0) is 13.7. The highest BCUT2D eigenvalue weighted by molar-refractivity contribution is 9.10. The SMILES string of the molecule is CNCc1ccc(N2CCN(CCO)CC2)cc1Br. The van der Waals surface area contributed by atoms with Gasteiger partial charge in [-0.25, -0.2) is 0 Å². The summed E-state index contributed by atoms with van der Waals surface area (Å²) in [6, 6.07) is 6.57. The van der Waals surface area contributed by atoms with Crippen LogP contribution in [0.15, 0.2) is 22.7 Å². The maximum atomic E-state index is 8.95. The normalized spacial score (nSPS) is 16.9. The smallest absolute Gasteiger partial charge is 0.0558 e. The quantitative estimate of drug-likeness (QED) is 0.854. The van der Waals surface area contributed by atoms with Crippen LogP contribution < -0.4 is 10.2 Å². The fraction of sp³-hybridized carbons (Fsp3) is 0.571. The van der Waals surface area contributed by atoms with Gasteiger partial charge in [-0.2, -0.15) is 0 Å². The van der Waals surface area contributed by atoms with Gasteiger partial charge in [-0.1, -0.05) is 22.0 Å². The highest BCUT2D eigenvalue weighted by Crippen LogP contribution is 2.25. The molecule has 1 saturated heterocycles. The van der Waals surface area contributed by atoms with E-state index in [0.717, 1.165) is 43.7 Å². The molecule has 0 bridgehead atoms. The van der Waals surface area contributed by atoms with Crippen molar-refractivity contribution in [3.05, 3.63) is 28.2 Å². The van der Waals surface area contributed by atoms with Crippen LogP contribution >= 0.6 is 15.9 Å². The van der Waals surface area contributed by atoms with Gasteiger partial charge in [0.05, 0.1) is 6.61 Å². The van der Waals surface area contributed by atoms with Crippen molar-refractivity contribution in [1.29, 1.82) is 0 Å². The molecular weight excluding hydrogens is 306 g/mol. The molecule has 1 aliphatic heterocycles. The summed E-state index contributed by atoms with van der Waals surface area (Å²) in [5.41, 5.74) is 2.56. The molecule has 1 heterocycles. The highest BCUT2D eigenvalue weighted by atomic mass is 79.9. The van der Waals surface area contributed by atoms with Gasteiger partial charge in [0.1, 0.15) is 0 Å². The van der Waals surface area contributed by atoms with Crippen LogP contribution in [0.4, 0.5) is 5.69 Å². The summed E-state index contributed by atoms with van der Waals surface area (Å²) in [5, 5.41) is 12.1. The number of anilines is 1. The molecule has 4 nitrogen and oxygen atoms in total. The van der Waals surface area contributed by atoms with Crippen molar-refractivity contribution in [1.82, 2.24) is 10.2 Å². The third-order valence-corrected chi connectivity index (χ3v) is 4.30. The standard InChI is InChI=1S/C14H22BrN3O/c1-16-11-12-2-3-13(10-14(12)15)18-6-4-17(5-7-18)8-9-19/h2-3,10,16,19H,4-9,11H2,1H3. The molecular formula is C14H22BrN3O. The molecule has 1 fully saturated rings. The van der Waals surface area contributed by atoms with Crippen LogP contribution in [0, 0.1) is 0 Å². The minimum absolute atomic E-state index is 0.254. The summed E-state index contributed by atoms with van der Waals surface area (Å²) < 4.78 is 1.16. The number of hydrogen-bond acceptors (Lipinski definition) is 4. The fourth-order valence-corrected chi connectivity index (χ4v) is 2.94. The predicted octanol–water partition coefficient (Wildman–Crippen LogP) is 1.28. The minimum Gasteiger partial charge on any atom is -0.395 e. The second kappa shape index (κ2) is 7.24. The van der Waals surface area contributed by atoms with Gasteiger partial charge in [-0.3, -0.25) is 4.90 Å². The van der Waals surface area contributed by atoms with Crippen molar-refractivity contribution < 1.29 is 5.11 Å². The predicted molar refractivity (Wildman–Crippen MR) is 82.6 cm³/mol. The molecule has 0 spiro atoms. The maximum absolute atomic E-state index is 8.95. The minimum atomic E-state index is 0.254. The Morgan fingerprint density at radius 2 is 2.00 bits per heavy atom. The first kappa shape index (κ1) is 14.8. The van der Waals surface area contributed by atoms with Gasteiger partial charge >= 0.3 is 0 Å². The fourth-order valence-electron chi connectivity index (χ4n) is 2.44. The number of nitrogens with one attached hydrogen (secondary N) is 1. The molecule has 2 rings (SSSR count). The molecule has 1 aromatic rings. The van der Waals surface area contributed by atoms with Crippen LogP contribution in [0.2, 0.25) is 0 Å². The van der Waals surface area contributed by atoms with Gasteiger partial charge in [0.25, 0.3) is 0 Å². The monoisotopic (exact) mass is 327 g/mol. The number of aliphatic hydroxyl groups excluding tert-OH is 1. The summed E-state index contributed by atoms with van der Waals surface area (Å²) in [6.45, 7) is 6.02. The largest absolute Gasteiger partial charge is 0.395 e. The Kier molecular flexibility index (Phi) is 5.63. The zero-order valence-electron chi connectivity index (χ0n) is 11.4. The Morgan fingerprint density at radius 3 is 2.58 bits per heavy atom. The molecule has 19 heavy (non-hydrogen) atoms. The number of halogens is 1. The molecule has 106 valence electrons. The van der Waals surface area contributed by atoms with Crippen LogP contribution in [-0.2, 0) is 6.54 Å². The highest BCUT2D eigenvalue weighted by Gasteiger charge is 2.17. The van der Waals surface area contributed by atoms with Gasteiger partial charge in [-0.05, 0) is 24.7 Å². The van der Waals surface area contributed by atoms with Crippen LogP contribution in [-0.4, -0.2) is 56.4 Å². The third-order valence-electron chi connectivity index (χ3n) is 3.56. The van der Waals surface area contributed by atoms with Crippen LogP contribution in [0.3, 0.4) is 0 Å². The first-order chi connectivity index (χ1) is 9.24. The van der Waals surface area contributed by atoms with Crippen molar-refractivity contribution in [3.8, 4) is 0 Å². The van der Waals surface area contributed by atoms with Crippen molar-refractivity contribution in [3.63, 3.8) is 0 Å². The van der Waals surface area contributed by atoms with Crippen LogP contribution in [0.25, 0.3) is 0 Å². The number of nitrogens with zero attached hydrogens (tertiary/aromatic N) is 2. The van der Waals surface area contributed by atoms with E-state index in [0.29, 0.717) is 0 Å². The van der Waals surface area contributed by atoms with E-state index >= 15 is 0 Å². The lowest BCUT2D eigenvalue weighted by Gasteiger charge is -2.36. The van der Waals surface area contributed by atoms with Crippen molar-refractivity contribution in [2.24, 2.45) is 0 Å². The van der Waals surface area contributed by atoms with E-state index in [-0.39, 0.29) is 6.61 Å². The topological polar surface area (TPSA) is 38.7 Å². The Hall–Kier alpha value is -0.620. The second-order valence-electron chi connectivity index (χ2n) is 4.86. The van der Waals surface area contributed by atoms with E-state index in [2.05, 4.69) is 49.2 Å². The van der Waals surface area contributed by atoms with E-state index < -0.39 is 0 Å². The summed E-state index contributed by atoms with van der Waals surface area (Å²) in [6.07, 6.45) is 0. The number of piperazine rings is 1. The average molecular weight is 328 g/mol. The molecule has 1 aromatic carbocycles. The maximum Gasteiger partial charge on any atom is 0.0558 e. The van der Waals surface area contributed by atoms with Gasteiger partial charge in [0, 0.05) is 49.4 Å². The summed E-state index contributed by atoms with van der Waals surface area (Å²) >= 11 is 3.64. The van der Waals surface area contributed by atoms with Crippen LogP contribution in [0.1, 0.15) is 5.56 Å². The molecule has 0 unspecified atom stereocenters. The lowest BCUT2D eigenvalue weighted by atomic mass is 10.1. The van der Waals surface area contributed by atoms with E-state index in [1.165, 1.54) is 11.3 Å². The summed E-state index contributed by atoms with van der Waals surface area (Å²) in [7, 11) is 1.96. The van der Waals surface area contributed by atoms with Gasteiger partial charge in [0.2, 0.25) is 0 Å². The summed E-state index contributed by atoms with van der Waals surface area (Å²) in [5.74, 6) is 0. The van der Waals surface area contributed by atoms with E-state index in [4.69, 9.17) is 5.11 Å². The number of benzene rings is 1. The molecule has 5 heteroatoms. The molecule has 0 radical (unpaired) electrons. The molecule has 1 aliphatic rings. The zero-order valence-corrected chi connectivity index (χ0v) is 13.0. The first-order valence-corrected chi connectivity index (χ1v) is 7.55. The molecule has 0 atom stereocenters. The molecule has 0 amide bonds. The summed E-state index contributed by atoms with van der Waals surface area (Å²) in [4.78, 5) is 4.71.